The molecule has 0 aliphatic heterocycles. The van der Waals surface area contributed by atoms with Gasteiger partial charge in [0, 0.05) is 17.7 Å². The molecule has 8 heteroatoms. The Balaban J connectivity index is 0.00000192. The van der Waals surface area contributed by atoms with Crippen LogP contribution in [0.4, 0.5) is 5.69 Å². The third-order valence-electron chi connectivity index (χ3n) is 3.11. The van der Waals surface area contributed by atoms with E-state index in [1.165, 1.54) is 36.0 Å². The fourth-order valence-corrected chi connectivity index (χ4v) is 2.76. The van der Waals surface area contributed by atoms with Gasteiger partial charge in [-0.15, -0.1) is 0 Å². The van der Waals surface area contributed by atoms with Gasteiger partial charge in [-0.05, 0) is 24.3 Å². The smallest absolute Gasteiger partial charge is 0.269 e. The van der Waals surface area contributed by atoms with Crippen LogP contribution in [-0.2, 0) is 0 Å². The highest BCUT2D eigenvalue weighted by atomic mass is 79.9. The lowest BCUT2D eigenvalue weighted by atomic mass is 10.1. The molecule has 1 aromatic heterocycles. The summed E-state index contributed by atoms with van der Waals surface area (Å²) in [5, 5.41) is 11.3. The summed E-state index contributed by atoms with van der Waals surface area (Å²) in [6, 6.07) is 13.2. The SMILES string of the molecule is O=C(CSc1nc2ccccc2[nH]1)c1ccc([N+](=O)[O-])cc1.[Br-]. The maximum absolute atomic E-state index is 12.1. The average Bonchev–Trinajstić information content (AvgIpc) is 2.95. The zero-order chi connectivity index (χ0) is 15.5. The number of imidazole rings is 1. The van der Waals surface area contributed by atoms with E-state index in [-0.39, 0.29) is 34.2 Å². The summed E-state index contributed by atoms with van der Waals surface area (Å²) in [7, 11) is 0. The first-order chi connectivity index (χ1) is 10.6. The molecule has 0 atom stereocenters. The Hall–Kier alpha value is -2.19. The van der Waals surface area contributed by atoms with Crippen molar-refractivity contribution in [3.63, 3.8) is 0 Å². The second kappa shape index (κ2) is 7.38. The van der Waals surface area contributed by atoms with Crippen molar-refractivity contribution in [2.45, 2.75) is 5.16 Å². The third kappa shape index (κ3) is 3.96. The van der Waals surface area contributed by atoms with Crippen molar-refractivity contribution in [1.82, 2.24) is 9.97 Å². The zero-order valence-electron chi connectivity index (χ0n) is 11.7. The Bertz CT molecular complexity index is 816. The van der Waals surface area contributed by atoms with Crippen molar-refractivity contribution in [3.8, 4) is 0 Å². The van der Waals surface area contributed by atoms with E-state index in [1.54, 1.807) is 0 Å². The molecular weight excluding hydrogens is 382 g/mol. The Labute approximate surface area is 146 Å². The van der Waals surface area contributed by atoms with Gasteiger partial charge in [0.15, 0.2) is 10.9 Å². The predicted molar refractivity (Wildman–Crippen MR) is 84.2 cm³/mol. The van der Waals surface area contributed by atoms with Crippen molar-refractivity contribution in [1.29, 1.82) is 0 Å². The quantitative estimate of drug-likeness (QED) is 0.294. The Morgan fingerprint density at radius 1 is 1.17 bits per heavy atom. The van der Waals surface area contributed by atoms with E-state index in [1.807, 2.05) is 24.3 Å². The van der Waals surface area contributed by atoms with Crippen LogP contribution in [0.1, 0.15) is 10.4 Å². The number of fused-ring (bicyclic) bond motifs is 1. The number of thioether (sulfide) groups is 1. The molecule has 0 saturated carbocycles. The van der Waals surface area contributed by atoms with Gasteiger partial charge in [0.25, 0.3) is 5.69 Å². The van der Waals surface area contributed by atoms with Crippen molar-refractivity contribution < 1.29 is 26.7 Å². The molecule has 6 nitrogen and oxygen atoms in total. The molecule has 0 bridgehead atoms. The normalized spacial score (nSPS) is 10.3. The van der Waals surface area contributed by atoms with Crippen LogP contribution in [0.25, 0.3) is 11.0 Å². The van der Waals surface area contributed by atoms with E-state index in [2.05, 4.69) is 9.97 Å². The average molecular weight is 393 g/mol. The van der Waals surface area contributed by atoms with Gasteiger partial charge in [-0.3, -0.25) is 14.9 Å². The van der Waals surface area contributed by atoms with E-state index < -0.39 is 4.92 Å². The maximum atomic E-state index is 12.1. The summed E-state index contributed by atoms with van der Waals surface area (Å²) in [4.78, 5) is 29.7. The third-order valence-corrected chi connectivity index (χ3v) is 3.98. The lowest BCUT2D eigenvalue weighted by molar-refractivity contribution is -0.384. The number of aromatic nitrogens is 2. The number of benzene rings is 2. The van der Waals surface area contributed by atoms with Crippen molar-refractivity contribution in [2.24, 2.45) is 0 Å². The topological polar surface area (TPSA) is 88.9 Å². The Kier molecular flexibility index (Phi) is 5.51. The van der Waals surface area contributed by atoms with Crippen LogP contribution in [0.15, 0.2) is 53.7 Å². The first-order valence-electron chi connectivity index (χ1n) is 6.49. The number of nitrogens with one attached hydrogen (secondary N) is 1. The standard InChI is InChI=1S/C15H11N3O3S.BrH/c19-14(10-5-7-11(8-6-10)18(20)21)9-22-15-16-12-3-1-2-4-13(12)17-15;/h1-8H,9H2,(H,16,17);1H/p-1. The Morgan fingerprint density at radius 2 is 1.87 bits per heavy atom. The molecule has 0 fully saturated rings. The fraction of sp³-hybridized carbons (Fsp3) is 0.0667. The largest absolute Gasteiger partial charge is 1.00 e. The highest BCUT2D eigenvalue weighted by Crippen LogP contribution is 2.21. The molecule has 0 saturated heterocycles. The molecule has 0 unspecified atom stereocenters. The number of non-ortho nitro benzene ring substituents is 1. The predicted octanol–water partition coefficient (Wildman–Crippen LogP) is 0.450. The molecule has 0 amide bonds. The molecule has 0 radical (unpaired) electrons. The molecule has 0 aliphatic rings. The number of halogens is 1. The molecular formula is C15H11BrN3O3S-. The number of Topliss-reactive ketones (excluding diaryl/α,β-unsaturated/α-hetero) is 1. The van der Waals surface area contributed by atoms with Crippen LogP contribution in [-0.4, -0.2) is 26.4 Å². The van der Waals surface area contributed by atoms with Gasteiger partial charge in [-0.25, -0.2) is 4.98 Å². The number of nitrogens with zero attached hydrogens (tertiary/aromatic N) is 2. The van der Waals surface area contributed by atoms with Gasteiger partial charge in [0.05, 0.1) is 21.7 Å². The molecule has 3 rings (SSSR count). The number of para-hydroxylation sites is 2. The van der Waals surface area contributed by atoms with E-state index in [9.17, 15) is 14.9 Å². The number of rotatable bonds is 5. The first-order valence-corrected chi connectivity index (χ1v) is 7.47. The minimum Gasteiger partial charge on any atom is -1.00 e. The molecule has 0 spiro atoms. The summed E-state index contributed by atoms with van der Waals surface area (Å²) in [5.41, 5.74) is 2.20. The van der Waals surface area contributed by atoms with Gasteiger partial charge < -0.3 is 22.0 Å². The van der Waals surface area contributed by atoms with Crippen LogP contribution >= 0.6 is 11.8 Å². The van der Waals surface area contributed by atoms with Crippen molar-refractivity contribution >= 4 is 34.3 Å². The van der Waals surface area contributed by atoms with Gasteiger partial charge in [-0.1, -0.05) is 23.9 Å². The monoisotopic (exact) mass is 392 g/mol. The molecule has 118 valence electrons. The van der Waals surface area contributed by atoms with E-state index in [0.717, 1.165) is 11.0 Å². The summed E-state index contributed by atoms with van der Waals surface area (Å²) in [5.74, 6) is 0.123. The number of aromatic amines is 1. The number of carbonyl (C=O) groups excluding carboxylic acids is 1. The van der Waals surface area contributed by atoms with E-state index in [0.29, 0.717) is 10.7 Å². The number of carbonyl (C=O) groups is 1. The summed E-state index contributed by atoms with van der Waals surface area (Å²) in [6.45, 7) is 0. The van der Waals surface area contributed by atoms with Gasteiger partial charge in [0.2, 0.25) is 0 Å². The first kappa shape index (κ1) is 17.2. The second-order valence-electron chi connectivity index (χ2n) is 4.57. The minimum absolute atomic E-state index is 0. The lowest BCUT2D eigenvalue weighted by Gasteiger charge is -1.99. The number of ketones is 1. The molecule has 3 aromatic rings. The van der Waals surface area contributed by atoms with E-state index >= 15 is 0 Å². The lowest BCUT2D eigenvalue weighted by Crippen LogP contribution is -3.00. The fourth-order valence-electron chi connectivity index (χ4n) is 1.98. The summed E-state index contributed by atoms with van der Waals surface area (Å²) in [6.07, 6.45) is 0. The maximum Gasteiger partial charge on any atom is 0.269 e. The van der Waals surface area contributed by atoms with Crippen molar-refractivity contribution in [2.75, 3.05) is 5.75 Å². The molecule has 23 heavy (non-hydrogen) atoms. The molecule has 1 N–H and O–H groups in total. The van der Waals surface area contributed by atoms with Crippen LogP contribution < -0.4 is 17.0 Å². The zero-order valence-corrected chi connectivity index (χ0v) is 14.1. The highest BCUT2D eigenvalue weighted by Gasteiger charge is 2.11. The number of nitro benzene ring substituents is 1. The second-order valence-corrected chi connectivity index (χ2v) is 5.54. The molecule has 2 aromatic carbocycles. The number of nitro groups is 1. The highest BCUT2D eigenvalue weighted by molar-refractivity contribution is 7.99. The van der Waals surface area contributed by atoms with Crippen molar-refractivity contribution in [3.05, 3.63) is 64.2 Å². The van der Waals surface area contributed by atoms with Crippen LogP contribution in [0.2, 0.25) is 0 Å². The van der Waals surface area contributed by atoms with Gasteiger partial charge in [0.1, 0.15) is 0 Å². The summed E-state index contributed by atoms with van der Waals surface area (Å²) < 4.78 is 0. The molecule has 1 heterocycles. The van der Waals surface area contributed by atoms with E-state index in [4.69, 9.17) is 0 Å². The van der Waals surface area contributed by atoms with Gasteiger partial charge in [-0.2, -0.15) is 0 Å². The molecule has 0 aliphatic carbocycles. The summed E-state index contributed by atoms with van der Waals surface area (Å²) >= 11 is 1.31. The number of hydrogen-bond acceptors (Lipinski definition) is 5. The number of H-pyrrole nitrogens is 1. The van der Waals surface area contributed by atoms with Crippen LogP contribution in [0.5, 0.6) is 0 Å². The van der Waals surface area contributed by atoms with Crippen LogP contribution in [0.3, 0.4) is 0 Å². The minimum atomic E-state index is -0.489. The number of hydrogen-bond donors (Lipinski definition) is 1. The van der Waals surface area contributed by atoms with Crippen LogP contribution in [0, 0.1) is 10.1 Å². The Morgan fingerprint density at radius 3 is 2.52 bits per heavy atom. The van der Waals surface area contributed by atoms with Gasteiger partial charge >= 0.3 is 0 Å².